The summed E-state index contributed by atoms with van der Waals surface area (Å²) in [4.78, 5) is 6.98. The van der Waals surface area contributed by atoms with E-state index in [1.54, 1.807) is 23.0 Å². The van der Waals surface area contributed by atoms with Gasteiger partial charge < -0.3 is 15.3 Å². The molecular weight excluding hydrogens is 290 g/mol. The van der Waals surface area contributed by atoms with E-state index in [0.29, 0.717) is 12.1 Å². The van der Waals surface area contributed by atoms with E-state index in [1.165, 1.54) is 6.42 Å². The van der Waals surface area contributed by atoms with Crippen molar-refractivity contribution in [3.63, 3.8) is 0 Å². The standard InChI is InChI=1S/C17H17N5O/c23-14-6-15(16-3-4-19-22(16)10-14)11-1-2-17(18-7-11)21-8-12-5-13(9-21)20-12/h1-4,6-7,10,12-13,20,23H,5,8-9H2. The highest BCUT2D eigenvalue weighted by molar-refractivity contribution is 5.81. The molecule has 3 aromatic heterocycles. The third-order valence-electron chi connectivity index (χ3n) is 4.80. The molecule has 116 valence electrons. The van der Waals surface area contributed by atoms with Crippen LogP contribution in [0.25, 0.3) is 16.6 Å². The van der Waals surface area contributed by atoms with Crippen molar-refractivity contribution in [3.8, 4) is 16.9 Å². The normalized spacial score (nSPS) is 23.0. The minimum Gasteiger partial charge on any atom is -0.506 e. The number of rotatable bonds is 2. The Labute approximate surface area is 133 Å². The van der Waals surface area contributed by atoms with E-state index in [-0.39, 0.29) is 5.75 Å². The van der Waals surface area contributed by atoms with Gasteiger partial charge in [0.2, 0.25) is 0 Å². The molecule has 0 amide bonds. The lowest BCUT2D eigenvalue weighted by atomic mass is 9.91. The average molecular weight is 307 g/mol. The van der Waals surface area contributed by atoms with Crippen LogP contribution in [-0.2, 0) is 0 Å². The highest BCUT2D eigenvalue weighted by atomic mass is 16.3. The van der Waals surface area contributed by atoms with Crippen molar-refractivity contribution in [2.45, 2.75) is 18.5 Å². The molecule has 0 aliphatic carbocycles. The van der Waals surface area contributed by atoms with Crippen LogP contribution in [0.3, 0.4) is 0 Å². The lowest BCUT2D eigenvalue weighted by molar-refractivity contribution is 0.225. The van der Waals surface area contributed by atoms with Crippen LogP contribution in [0.5, 0.6) is 5.75 Å². The lowest BCUT2D eigenvalue weighted by Crippen LogP contribution is -2.67. The molecule has 0 saturated carbocycles. The van der Waals surface area contributed by atoms with Crippen LogP contribution < -0.4 is 10.2 Å². The molecule has 0 spiro atoms. The molecule has 3 aliphatic heterocycles. The second-order valence-corrected chi connectivity index (χ2v) is 6.38. The minimum atomic E-state index is 0.197. The van der Waals surface area contributed by atoms with Crippen LogP contribution >= 0.6 is 0 Å². The number of anilines is 1. The first kappa shape index (κ1) is 12.9. The summed E-state index contributed by atoms with van der Waals surface area (Å²) < 4.78 is 1.68. The van der Waals surface area contributed by atoms with Crippen molar-refractivity contribution in [2.75, 3.05) is 18.0 Å². The van der Waals surface area contributed by atoms with Gasteiger partial charge >= 0.3 is 0 Å². The molecule has 2 N–H and O–H groups in total. The zero-order chi connectivity index (χ0) is 15.4. The summed E-state index contributed by atoms with van der Waals surface area (Å²) in [5.74, 6) is 1.22. The van der Waals surface area contributed by atoms with Crippen LogP contribution in [0.1, 0.15) is 6.42 Å². The van der Waals surface area contributed by atoms with Crippen LogP contribution in [0.2, 0.25) is 0 Å². The quantitative estimate of drug-likeness (QED) is 0.754. The maximum atomic E-state index is 9.89. The van der Waals surface area contributed by atoms with E-state index in [4.69, 9.17) is 0 Å². The third-order valence-corrected chi connectivity index (χ3v) is 4.80. The summed E-state index contributed by atoms with van der Waals surface area (Å²) in [5.41, 5.74) is 2.88. The van der Waals surface area contributed by atoms with Crippen LogP contribution in [0.4, 0.5) is 5.82 Å². The van der Waals surface area contributed by atoms with Gasteiger partial charge in [-0.25, -0.2) is 9.50 Å². The molecule has 6 rings (SSSR count). The predicted octanol–water partition coefficient (Wildman–Crippen LogP) is 1.65. The summed E-state index contributed by atoms with van der Waals surface area (Å²) in [6.45, 7) is 2.06. The van der Waals surface area contributed by atoms with Crippen molar-refractivity contribution in [3.05, 3.63) is 42.9 Å². The van der Waals surface area contributed by atoms with Crippen molar-refractivity contribution in [2.24, 2.45) is 0 Å². The fourth-order valence-electron chi connectivity index (χ4n) is 3.68. The Kier molecular flexibility index (Phi) is 2.63. The molecule has 23 heavy (non-hydrogen) atoms. The minimum absolute atomic E-state index is 0.197. The van der Waals surface area contributed by atoms with E-state index in [2.05, 4.69) is 32.4 Å². The number of aromatic hydroxyl groups is 1. The monoisotopic (exact) mass is 307 g/mol. The molecule has 6 nitrogen and oxygen atoms in total. The molecule has 2 unspecified atom stereocenters. The number of pyridine rings is 2. The number of piperazine rings is 1. The Bertz CT molecular complexity index is 856. The van der Waals surface area contributed by atoms with Gasteiger partial charge in [0.15, 0.2) is 0 Å². The number of hydrogen-bond acceptors (Lipinski definition) is 5. The zero-order valence-corrected chi connectivity index (χ0v) is 12.6. The second-order valence-electron chi connectivity index (χ2n) is 6.38. The smallest absolute Gasteiger partial charge is 0.134 e. The van der Waals surface area contributed by atoms with E-state index < -0.39 is 0 Å². The Hall–Kier alpha value is -2.60. The Morgan fingerprint density at radius 1 is 1.17 bits per heavy atom. The maximum absolute atomic E-state index is 9.89. The predicted molar refractivity (Wildman–Crippen MR) is 87.6 cm³/mol. The Morgan fingerprint density at radius 2 is 2.00 bits per heavy atom. The van der Waals surface area contributed by atoms with Gasteiger partial charge in [-0.2, -0.15) is 5.10 Å². The van der Waals surface area contributed by atoms with E-state index in [9.17, 15) is 5.11 Å². The molecule has 3 aliphatic rings. The van der Waals surface area contributed by atoms with Gasteiger partial charge in [-0.3, -0.25) is 0 Å². The Morgan fingerprint density at radius 3 is 2.74 bits per heavy atom. The van der Waals surface area contributed by atoms with Crippen molar-refractivity contribution >= 4 is 11.3 Å². The van der Waals surface area contributed by atoms with Gasteiger partial charge in [0.05, 0.1) is 17.9 Å². The van der Waals surface area contributed by atoms with Gasteiger partial charge in [0.25, 0.3) is 0 Å². The van der Waals surface area contributed by atoms with Gasteiger partial charge in [-0.15, -0.1) is 0 Å². The Balaban J connectivity index is 1.50. The van der Waals surface area contributed by atoms with Crippen LogP contribution in [0.15, 0.2) is 42.9 Å². The molecule has 3 fully saturated rings. The zero-order valence-electron chi connectivity index (χ0n) is 12.6. The van der Waals surface area contributed by atoms with Crippen molar-refractivity contribution < 1.29 is 5.11 Å². The molecule has 3 saturated heterocycles. The highest BCUT2D eigenvalue weighted by Crippen LogP contribution is 2.30. The molecule has 0 radical (unpaired) electrons. The number of nitrogens with one attached hydrogen (secondary N) is 1. The SMILES string of the molecule is Oc1cc(-c2ccc(N3CC4CC(C3)N4)nc2)c2ccnn2c1. The maximum Gasteiger partial charge on any atom is 0.134 e. The summed E-state index contributed by atoms with van der Waals surface area (Å²) in [7, 11) is 0. The van der Waals surface area contributed by atoms with Crippen LogP contribution in [-0.4, -0.2) is 44.9 Å². The van der Waals surface area contributed by atoms with Crippen LogP contribution in [0, 0.1) is 0 Å². The topological polar surface area (TPSA) is 65.7 Å². The number of aromatic nitrogens is 3. The number of nitrogens with zero attached hydrogens (tertiary/aromatic N) is 4. The number of fused-ring (bicyclic) bond motifs is 3. The van der Waals surface area contributed by atoms with Gasteiger partial charge in [-0.1, -0.05) is 0 Å². The van der Waals surface area contributed by atoms with E-state index in [0.717, 1.165) is 35.6 Å². The van der Waals surface area contributed by atoms with E-state index >= 15 is 0 Å². The van der Waals surface area contributed by atoms with E-state index in [1.807, 2.05) is 12.3 Å². The molecule has 6 heterocycles. The molecular formula is C17H17N5O. The highest BCUT2D eigenvalue weighted by Gasteiger charge is 2.36. The van der Waals surface area contributed by atoms with Gasteiger partial charge in [-0.05, 0) is 30.7 Å². The van der Waals surface area contributed by atoms with Gasteiger partial charge in [0.1, 0.15) is 11.6 Å². The first-order chi connectivity index (χ1) is 11.3. The first-order valence-corrected chi connectivity index (χ1v) is 7.90. The third kappa shape index (κ3) is 2.06. The molecule has 2 atom stereocenters. The number of hydrogen-bond donors (Lipinski definition) is 2. The summed E-state index contributed by atoms with van der Waals surface area (Å²) in [6, 6.07) is 9.06. The second kappa shape index (κ2) is 4.70. The fraction of sp³-hybridized carbons (Fsp3) is 0.294. The summed E-state index contributed by atoms with van der Waals surface area (Å²) in [5, 5.41) is 17.6. The van der Waals surface area contributed by atoms with Crippen molar-refractivity contribution in [1.82, 2.24) is 19.9 Å². The number of piperidine rings is 1. The van der Waals surface area contributed by atoms with Gasteiger partial charge in [0, 0.05) is 42.5 Å². The summed E-state index contributed by atoms with van der Waals surface area (Å²) in [6.07, 6.45) is 6.50. The molecule has 0 aromatic carbocycles. The molecule has 2 bridgehead atoms. The molecule has 6 heteroatoms. The largest absolute Gasteiger partial charge is 0.506 e. The van der Waals surface area contributed by atoms with Crippen molar-refractivity contribution in [1.29, 1.82) is 0 Å². The molecule has 3 aromatic rings. The lowest BCUT2D eigenvalue weighted by Gasteiger charge is -2.48. The average Bonchev–Trinajstić information content (AvgIpc) is 3.02. The summed E-state index contributed by atoms with van der Waals surface area (Å²) >= 11 is 0. The first-order valence-electron chi connectivity index (χ1n) is 7.90. The fourth-order valence-corrected chi connectivity index (χ4v) is 3.68.